The van der Waals surface area contributed by atoms with Crippen LogP contribution in [0, 0.1) is 5.92 Å². The summed E-state index contributed by atoms with van der Waals surface area (Å²) in [6.45, 7) is 2.49. The Bertz CT molecular complexity index is 519. The van der Waals surface area contributed by atoms with Crippen LogP contribution in [0.1, 0.15) is 44.6 Å². The largest absolute Gasteiger partial charge is 0.491 e. The highest BCUT2D eigenvalue weighted by Crippen LogP contribution is 2.32. The predicted octanol–water partition coefficient (Wildman–Crippen LogP) is 3.51. The Morgan fingerprint density at radius 1 is 1.29 bits per heavy atom. The summed E-state index contributed by atoms with van der Waals surface area (Å²) < 4.78 is 25.9. The van der Waals surface area contributed by atoms with Gasteiger partial charge in [0.2, 0.25) is 0 Å². The molecular formula is C16H23NO3S. The van der Waals surface area contributed by atoms with Gasteiger partial charge < -0.3 is 15.0 Å². The van der Waals surface area contributed by atoms with Crippen LogP contribution in [0.15, 0.2) is 34.9 Å². The molecule has 1 aromatic carbocycles. The summed E-state index contributed by atoms with van der Waals surface area (Å²) >= 11 is -1.96. The molecule has 0 heterocycles. The lowest BCUT2D eigenvalue weighted by Crippen LogP contribution is -2.18. The van der Waals surface area contributed by atoms with E-state index in [9.17, 15) is 4.21 Å². The first kappa shape index (κ1) is 16.0. The summed E-state index contributed by atoms with van der Waals surface area (Å²) in [5.41, 5.74) is 8.04. The number of hydrogen-bond donors (Lipinski definition) is 2. The van der Waals surface area contributed by atoms with Crippen molar-refractivity contribution < 1.29 is 13.5 Å². The lowest BCUT2D eigenvalue weighted by molar-refractivity contribution is 0.287. The van der Waals surface area contributed by atoms with E-state index in [1.54, 1.807) is 24.3 Å². The molecule has 1 fully saturated rings. The van der Waals surface area contributed by atoms with Crippen LogP contribution in [0.25, 0.3) is 5.76 Å². The first-order valence-electron chi connectivity index (χ1n) is 7.47. The van der Waals surface area contributed by atoms with Crippen LogP contribution < -0.4 is 5.73 Å². The molecule has 5 heteroatoms. The second kappa shape index (κ2) is 7.61. The van der Waals surface area contributed by atoms with Crippen molar-refractivity contribution in [2.24, 2.45) is 11.7 Å². The molecule has 3 N–H and O–H groups in total. The Labute approximate surface area is 128 Å². The standard InChI is InChI=1S/C16H23NO3S/c1-2-20-16(15(17)12-6-4-3-5-7-12)13-8-10-14(11-9-13)21(18)19/h8-12H,2-7,17H2,1H3,(H,18,19)/b16-15-. The topological polar surface area (TPSA) is 72.5 Å². The normalized spacial score (nSPS) is 19.0. The third-order valence-electron chi connectivity index (χ3n) is 3.91. The van der Waals surface area contributed by atoms with E-state index in [0.29, 0.717) is 17.4 Å². The zero-order valence-corrected chi connectivity index (χ0v) is 13.2. The number of allylic oxidation sites excluding steroid dienone is 1. The first-order chi connectivity index (χ1) is 10.1. The fourth-order valence-corrected chi connectivity index (χ4v) is 3.17. The van der Waals surface area contributed by atoms with E-state index in [4.69, 9.17) is 15.0 Å². The SMILES string of the molecule is CCO/C(=C(\N)C1CCCCC1)c1ccc(S(=O)O)cc1. The Hall–Kier alpha value is -1.33. The third-order valence-corrected chi connectivity index (χ3v) is 4.59. The first-order valence-corrected chi connectivity index (χ1v) is 8.58. The Morgan fingerprint density at radius 2 is 1.90 bits per heavy atom. The van der Waals surface area contributed by atoms with Crippen LogP contribution in [0.3, 0.4) is 0 Å². The highest BCUT2D eigenvalue weighted by Gasteiger charge is 2.20. The zero-order chi connectivity index (χ0) is 15.2. The van der Waals surface area contributed by atoms with Gasteiger partial charge in [0.15, 0.2) is 11.1 Å². The van der Waals surface area contributed by atoms with Crippen molar-refractivity contribution in [3.63, 3.8) is 0 Å². The number of hydrogen-bond acceptors (Lipinski definition) is 3. The van der Waals surface area contributed by atoms with Crippen molar-refractivity contribution in [2.45, 2.75) is 43.9 Å². The summed E-state index contributed by atoms with van der Waals surface area (Å²) in [4.78, 5) is 0.380. The summed E-state index contributed by atoms with van der Waals surface area (Å²) in [6, 6.07) is 6.87. The lowest BCUT2D eigenvalue weighted by atomic mass is 9.86. The Morgan fingerprint density at radius 3 is 2.43 bits per heavy atom. The van der Waals surface area contributed by atoms with Crippen molar-refractivity contribution in [1.82, 2.24) is 0 Å². The van der Waals surface area contributed by atoms with Crippen molar-refractivity contribution in [3.05, 3.63) is 35.5 Å². The minimum atomic E-state index is -1.96. The fraction of sp³-hybridized carbons (Fsp3) is 0.500. The maximum atomic E-state index is 11.0. The maximum absolute atomic E-state index is 11.0. The summed E-state index contributed by atoms with van der Waals surface area (Å²) in [5.74, 6) is 1.10. The van der Waals surface area contributed by atoms with Gasteiger partial charge in [-0.15, -0.1) is 0 Å². The van der Waals surface area contributed by atoms with Gasteiger partial charge in [0, 0.05) is 11.5 Å². The molecule has 21 heavy (non-hydrogen) atoms. The smallest absolute Gasteiger partial charge is 0.186 e. The van der Waals surface area contributed by atoms with Crippen LogP contribution in [0.5, 0.6) is 0 Å². The molecule has 0 bridgehead atoms. The minimum absolute atomic E-state index is 0.380. The molecular weight excluding hydrogens is 286 g/mol. The zero-order valence-electron chi connectivity index (χ0n) is 12.4. The van der Waals surface area contributed by atoms with E-state index in [1.165, 1.54) is 19.3 Å². The average Bonchev–Trinajstić information content (AvgIpc) is 2.53. The van der Waals surface area contributed by atoms with Gasteiger partial charge in [-0.25, -0.2) is 4.21 Å². The number of rotatable bonds is 5. The number of benzene rings is 1. The van der Waals surface area contributed by atoms with E-state index >= 15 is 0 Å². The van der Waals surface area contributed by atoms with Gasteiger partial charge in [0.1, 0.15) is 5.76 Å². The third kappa shape index (κ3) is 4.08. The van der Waals surface area contributed by atoms with Crippen LogP contribution in [-0.2, 0) is 15.8 Å². The van der Waals surface area contributed by atoms with Gasteiger partial charge in [-0.05, 0) is 44.0 Å². The van der Waals surface area contributed by atoms with Crippen molar-refractivity contribution in [3.8, 4) is 0 Å². The quantitative estimate of drug-likeness (QED) is 0.645. The molecule has 1 aromatic rings. The molecule has 0 aliphatic heterocycles. The van der Waals surface area contributed by atoms with Crippen molar-refractivity contribution in [1.29, 1.82) is 0 Å². The van der Waals surface area contributed by atoms with Gasteiger partial charge >= 0.3 is 0 Å². The molecule has 2 rings (SSSR count). The summed E-state index contributed by atoms with van der Waals surface area (Å²) in [6.07, 6.45) is 5.94. The molecule has 0 aromatic heterocycles. The van der Waals surface area contributed by atoms with E-state index in [0.717, 1.165) is 29.9 Å². The Balaban J connectivity index is 2.30. The van der Waals surface area contributed by atoms with E-state index in [2.05, 4.69) is 0 Å². The van der Waals surface area contributed by atoms with Crippen molar-refractivity contribution >= 4 is 16.8 Å². The maximum Gasteiger partial charge on any atom is 0.186 e. The van der Waals surface area contributed by atoms with Crippen LogP contribution >= 0.6 is 0 Å². The van der Waals surface area contributed by atoms with Crippen molar-refractivity contribution in [2.75, 3.05) is 6.61 Å². The van der Waals surface area contributed by atoms with Gasteiger partial charge in [0.25, 0.3) is 0 Å². The molecule has 0 radical (unpaired) electrons. The molecule has 0 amide bonds. The summed E-state index contributed by atoms with van der Waals surface area (Å²) in [5, 5.41) is 0. The van der Waals surface area contributed by atoms with Gasteiger partial charge in [-0.1, -0.05) is 19.3 Å². The predicted molar refractivity (Wildman–Crippen MR) is 84.8 cm³/mol. The molecule has 1 aliphatic rings. The Kier molecular flexibility index (Phi) is 5.82. The fourth-order valence-electron chi connectivity index (χ4n) is 2.80. The molecule has 1 saturated carbocycles. The molecule has 1 aliphatic carbocycles. The molecule has 116 valence electrons. The lowest BCUT2D eigenvalue weighted by Gasteiger charge is -2.24. The van der Waals surface area contributed by atoms with E-state index < -0.39 is 11.1 Å². The summed E-state index contributed by atoms with van der Waals surface area (Å²) in [7, 11) is 0. The highest BCUT2D eigenvalue weighted by molar-refractivity contribution is 7.79. The second-order valence-electron chi connectivity index (χ2n) is 5.33. The second-order valence-corrected chi connectivity index (χ2v) is 6.30. The molecule has 1 atom stereocenters. The minimum Gasteiger partial charge on any atom is -0.491 e. The monoisotopic (exact) mass is 309 g/mol. The van der Waals surface area contributed by atoms with Crippen LogP contribution in [0.2, 0.25) is 0 Å². The molecule has 0 saturated heterocycles. The van der Waals surface area contributed by atoms with Crippen LogP contribution in [0.4, 0.5) is 0 Å². The van der Waals surface area contributed by atoms with Crippen LogP contribution in [-0.4, -0.2) is 15.4 Å². The number of nitrogens with two attached hydrogens (primary N) is 1. The van der Waals surface area contributed by atoms with E-state index in [-0.39, 0.29) is 0 Å². The van der Waals surface area contributed by atoms with E-state index in [1.807, 2.05) is 6.92 Å². The molecule has 4 nitrogen and oxygen atoms in total. The highest BCUT2D eigenvalue weighted by atomic mass is 32.2. The van der Waals surface area contributed by atoms with Gasteiger partial charge in [-0.3, -0.25) is 0 Å². The van der Waals surface area contributed by atoms with Gasteiger partial charge in [0.05, 0.1) is 17.2 Å². The van der Waals surface area contributed by atoms with Gasteiger partial charge in [-0.2, -0.15) is 0 Å². The molecule has 1 unspecified atom stereocenters. The average molecular weight is 309 g/mol. The number of ether oxygens (including phenoxy) is 1. The molecule has 0 spiro atoms.